The number of carbonyl (C=O) groups is 1. The number of halogens is 2. The van der Waals surface area contributed by atoms with E-state index in [0.717, 1.165) is 15.4 Å². The molecule has 0 fully saturated rings. The third kappa shape index (κ3) is 2.65. The first-order chi connectivity index (χ1) is 9.63. The Balaban J connectivity index is 1.89. The van der Waals surface area contributed by atoms with Crippen molar-refractivity contribution in [3.63, 3.8) is 0 Å². The Kier molecular flexibility index (Phi) is 3.64. The molecule has 4 heteroatoms. The van der Waals surface area contributed by atoms with Crippen LogP contribution >= 0.6 is 27.5 Å². The lowest BCUT2D eigenvalue weighted by molar-refractivity contribution is 0.0968. The van der Waals surface area contributed by atoms with Crippen LogP contribution in [0.2, 0.25) is 5.02 Å². The number of ketones is 1. The van der Waals surface area contributed by atoms with Gasteiger partial charge in [-0.25, -0.2) is 0 Å². The van der Waals surface area contributed by atoms with Crippen molar-refractivity contribution in [2.24, 2.45) is 0 Å². The Bertz CT molecular complexity index is 775. The fraction of sp³-hybridized carbons (Fsp3) is 0.0625. The highest BCUT2D eigenvalue weighted by Gasteiger charge is 2.14. The summed E-state index contributed by atoms with van der Waals surface area (Å²) in [5.74, 6) is 0.288. The van der Waals surface area contributed by atoms with Crippen molar-refractivity contribution in [2.75, 3.05) is 0 Å². The van der Waals surface area contributed by atoms with Crippen LogP contribution in [0.3, 0.4) is 0 Å². The molecule has 0 aliphatic carbocycles. The van der Waals surface area contributed by atoms with Gasteiger partial charge in [-0.3, -0.25) is 4.79 Å². The monoisotopic (exact) mass is 348 g/mol. The van der Waals surface area contributed by atoms with Gasteiger partial charge in [-0.15, -0.1) is 0 Å². The molecule has 0 aliphatic heterocycles. The lowest BCUT2D eigenvalue weighted by atomic mass is 10.1. The largest absolute Gasteiger partial charge is 0.451 e. The van der Waals surface area contributed by atoms with E-state index in [1.165, 1.54) is 0 Å². The lowest BCUT2D eigenvalue weighted by Crippen LogP contribution is -2.01. The topological polar surface area (TPSA) is 30.2 Å². The summed E-state index contributed by atoms with van der Waals surface area (Å²) in [5.41, 5.74) is 1.51. The molecule has 1 aromatic heterocycles. The molecule has 3 rings (SSSR count). The van der Waals surface area contributed by atoms with Crippen LogP contribution in [0.1, 0.15) is 16.1 Å². The van der Waals surface area contributed by atoms with Gasteiger partial charge in [0.2, 0.25) is 5.78 Å². The highest BCUT2D eigenvalue weighted by molar-refractivity contribution is 9.10. The summed E-state index contributed by atoms with van der Waals surface area (Å²) in [7, 11) is 0. The lowest BCUT2D eigenvalue weighted by Gasteiger charge is -1.99. The fourth-order valence-corrected chi connectivity index (χ4v) is 2.52. The average molecular weight is 350 g/mol. The predicted molar refractivity (Wildman–Crippen MR) is 83.4 cm³/mol. The van der Waals surface area contributed by atoms with Gasteiger partial charge in [0.05, 0.1) is 5.02 Å². The number of furan rings is 1. The molecule has 0 bridgehead atoms. The minimum absolute atomic E-state index is 0.0559. The Morgan fingerprint density at radius 3 is 2.60 bits per heavy atom. The summed E-state index contributed by atoms with van der Waals surface area (Å²) in [6, 6.07) is 14.9. The zero-order valence-corrected chi connectivity index (χ0v) is 12.7. The Morgan fingerprint density at radius 2 is 1.90 bits per heavy atom. The van der Waals surface area contributed by atoms with Gasteiger partial charge in [-0.1, -0.05) is 51.8 Å². The van der Waals surface area contributed by atoms with Crippen molar-refractivity contribution in [3.05, 3.63) is 69.3 Å². The van der Waals surface area contributed by atoms with E-state index in [1.54, 1.807) is 12.1 Å². The van der Waals surface area contributed by atoms with Crippen molar-refractivity contribution >= 4 is 44.3 Å². The maximum absolute atomic E-state index is 12.2. The molecule has 0 saturated heterocycles. The summed E-state index contributed by atoms with van der Waals surface area (Å²) >= 11 is 9.41. The third-order valence-corrected chi connectivity index (χ3v) is 3.88. The van der Waals surface area contributed by atoms with Crippen LogP contribution < -0.4 is 0 Å². The first-order valence-corrected chi connectivity index (χ1v) is 7.26. The van der Waals surface area contributed by atoms with Crippen LogP contribution in [0.15, 0.2) is 57.4 Å². The number of hydrogen-bond acceptors (Lipinski definition) is 2. The van der Waals surface area contributed by atoms with Crippen LogP contribution in [-0.4, -0.2) is 5.78 Å². The van der Waals surface area contributed by atoms with Gasteiger partial charge < -0.3 is 4.42 Å². The molecule has 3 aromatic rings. The molecular formula is C16H10BrClO2. The third-order valence-electron chi connectivity index (χ3n) is 3.05. The molecule has 0 spiro atoms. The number of fused-ring (bicyclic) bond motifs is 1. The standard InChI is InChI=1S/C16H10BrClO2/c17-12-6-4-10(5-7-12)8-14(19)15-9-11-2-1-3-13(18)16(11)20-15/h1-7,9H,8H2. The second-order valence-corrected chi connectivity index (χ2v) is 5.82. The molecule has 0 atom stereocenters. The summed E-state index contributed by atoms with van der Waals surface area (Å²) in [4.78, 5) is 12.2. The van der Waals surface area contributed by atoms with Crippen LogP contribution in [-0.2, 0) is 6.42 Å². The van der Waals surface area contributed by atoms with Crippen molar-refractivity contribution < 1.29 is 9.21 Å². The molecule has 1 heterocycles. The van der Waals surface area contributed by atoms with Gasteiger partial charge in [0.15, 0.2) is 11.3 Å². The van der Waals surface area contributed by atoms with Crippen LogP contribution in [0.4, 0.5) is 0 Å². The van der Waals surface area contributed by atoms with E-state index in [1.807, 2.05) is 36.4 Å². The van der Waals surface area contributed by atoms with E-state index in [9.17, 15) is 4.79 Å². The van der Waals surface area contributed by atoms with E-state index in [-0.39, 0.29) is 5.78 Å². The van der Waals surface area contributed by atoms with Crippen molar-refractivity contribution in [3.8, 4) is 0 Å². The highest BCUT2D eigenvalue weighted by atomic mass is 79.9. The molecule has 20 heavy (non-hydrogen) atoms. The predicted octanol–water partition coefficient (Wildman–Crippen LogP) is 5.27. The smallest absolute Gasteiger partial charge is 0.202 e. The molecule has 0 saturated carbocycles. The Labute approximate surface area is 129 Å². The quantitative estimate of drug-likeness (QED) is 0.603. The number of Topliss-reactive ketones (excluding diaryl/α,β-unsaturated/α-hetero) is 1. The minimum Gasteiger partial charge on any atom is -0.451 e. The zero-order valence-electron chi connectivity index (χ0n) is 10.4. The van der Waals surface area contributed by atoms with Crippen LogP contribution in [0.5, 0.6) is 0 Å². The maximum Gasteiger partial charge on any atom is 0.202 e. The van der Waals surface area contributed by atoms with Gasteiger partial charge in [0.25, 0.3) is 0 Å². The number of hydrogen-bond donors (Lipinski definition) is 0. The van der Waals surface area contributed by atoms with Crippen molar-refractivity contribution in [1.29, 1.82) is 0 Å². The molecule has 100 valence electrons. The molecule has 2 nitrogen and oxygen atoms in total. The van der Waals surface area contributed by atoms with Gasteiger partial charge in [0, 0.05) is 16.3 Å². The fourth-order valence-electron chi connectivity index (χ4n) is 2.04. The van der Waals surface area contributed by atoms with E-state index < -0.39 is 0 Å². The zero-order chi connectivity index (χ0) is 14.1. The van der Waals surface area contributed by atoms with Gasteiger partial charge in [0.1, 0.15) is 0 Å². The van der Waals surface area contributed by atoms with Crippen molar-refractivity contribution in [1.82, 2.24) is 0 Å². The first kappa shape index (κ1) is 13.4. The molecular weight excluding hydrogens is 340 g/mol. The number of para-hydroxylation sites is 1. The number of benzene rings is 2. The highest BCUT2D eigenvalue weighted by Crippen LogP contribution is 2.27. The van der Waals surface area contributed by atoms with Crippen LogP contribution in [0, 0.1) is 0 Å². The maximum atomic E-state index is 12.2. The number of rotatable bonds is 3. The minimum atomic E-state index is -0.0559. The SMILES string of the molecule is O=C(Cc1ccc(Br)cc1)c1cc2cccc(Cl)c2o1. The van der Waals surface area contributed by atoms with E-state index in [0.29, 0.717) is 22.8 Å². The molecule has 2 aromatic carbocycles. The summed E-state index contributed by atoms with van der Waals surface area (Å²) in [6.45, 7) is 0. The summed E-state index contributed by atoms with van der Waals surface area (Å²) in [5, 5.41) is 1.36. The molecule has 0 unspecified atom stereocenters. The van der Waals surface area contributed by atoms with Crippen LogP contribution in [0.25, 0.3) is 11.0 Å². The van der Waals surface area contributed by atoms with Crippen molar-refractivity contribution in [2.45, 2.75) is 6.42 Å². The normalized spacial score (nSPS) is 10.9. The summed E-state index contributed by atoms with van der Waals surface area (Å²) < 4.78 is 6.56. The molecule has 0 N–H and O–H groups in total. The van der Waals surface area contributed by atoms with E-state index in [4.69, 9.17) is 16.0 Å². The average Bonchev–Trinajstić information content (AvgIpc) is 2.87. The Hall–Kier alpha value is -1.58. The second kappa shape index (κ2) is 5.43. The van der Waals surface area contributed by atoms with E-state index >= 15 is 0 Å². The second-order valence-electron chi connectivity index (χ2n) is 4.50. The molecule has 0 amide bonds. The molecule has 0 aliphatic rings. The van der Waals surface area contributed by atoms with Gasteiger partial charge in [-0.2, -0.15) is 0 Å². The van der Waals surface area contributed by atoms with Gasteiger partial charge >= 0.3 is 0 Å². The summed E-state index contributed by atoms with van der Waals surface area (Å²) in [6.07, 6.45) is 0.310. The Morgan fingerprint density at radius 1 is 1.15 bits per heavy atom. The van der Waals surface area contributed by atoms with E-state index in [2.05, 4.69) is 15.9 Å². The molecule has 0 radical (unpaired) electrons. The number of carbonyl (C=O) groups excluding carboxylic acids is 1. The first-order valence-electron chi connectivity index (χ1n) is 6.09. The van der Waals surface area contributed by atoms with Gasteiger partial charge in [-0.05, 0) is 29.8 Å².